The fourth-order valence-electron chi connectivity index (χ4n) is 1.69. The summed E-state index contributed by atoms with van der Waals surface area (Å²) in [7, 11) is 0. The van der Waals surface area contributed by atoms with Crippen LogP contribution in [-0.4, -0.2) is 22.8 Å². The number of hydrogen-bond acceptors (Lipinski definition) is 2. The Labute approximate surface area is 108 Å². The predicted molar refractivity (Wildman–Crippen MR) is 70.4 cm³/mol. The van der Waals surface area contributed by atoms with E-state index in [1.165, 1.54) is 0 Å². The molecule has 94 valence electrons. The molecule has 0 saturated carbocycles. The van der Waals surface area contributed by atoms with Crippen molar-refractivity contribution in [3.63, 3.8) is 0 Å². The summed E-state index contributed by atoms with van der Waals surface area (Å²) in [5, 5.41) is 2.94. The van der Waals surface area contributed by atoms with E-state index in [1.54, 1.807) is 18.3 Å². The number of aryl methyl sites for hydroxylation is 1. The number of rotatable bonds is 5. The van der Waals surface area contributed by atoms with Crippen LogP contribution in [0.5, 0.6) is 0 Å². The number of halogens is 1. The molecular weight excluding hydrogens is 236 g/mol. The Balaban J connectivity index is 2.64. The van der Waals surface area contributed by atoms with Crippen LogP contribution in [0.25, 0.3) is 0 Å². The number of pyridine rings is 1. The summed E-state index contributed by atoms with van der Waals surface area (Å²) in [6, 6.07) is 3.51. The number of carbonyl (C=O) groups is 1. The fourth-order valence-corrected chi connectivity index (χ4v) is 1.89. The van der Waals surface area contributed by atoms with Gasteiger partial charge >= 0.3 is 0 Å². The molecule has 3 nitrogen and oxygen atoms in total. The molecule has 1 rings (SSSR count). The van der Waals surface area contributed by atoms with Crippen LogP contribution in [0, 0.1) is 12.8 Å². The average molecular weight is 255 g/mol. The number of amides is 1. The lowest BCUT2D eigenvalue weighted by molar-refractivity contribution is 0.0936. The zero-order chi connectivity index (χ0) is 12.8. The molecule has 0 saturated heterocycles. The maximum atomic E-state index is 12.0. The van der Waals surface area contributed by atoms with E-state index in [1.807, 2.05) is 6.92 Å². The molecule has 0 aliphatic heterocycles. The molecule has 0 aliphatic carbocycles. The van der Waals surface area contributed by atoms with Gasteiger partial charge in [0.25, 0.3) is 5.91 Å². The first-order valence-electron chi connectivity index (χ1n) is 5.82. The monoisotopic (exact) mass is 254 g/mol. The third-order valence-electron chi connectivity index (χ3n) is 2.44. The quantitative estimate of drug-likeness (QED) is 0.821. The van der Waals surface area contributed by atoms with Crippen LogP contribution in [-0.2, 0) is 0 Å². The SMILES string of the molecule is Cc1cc(C(=O)NC(CCl)CC(C)C)ccn1. The van der Waals surface area contributed by atoms with Crippen LogP contribution in [0.15, 0.2) is 18.3 Å². The largest absolute Gasteiger partial charge is 0.348 e. The summed E-state index contributed by atoms with van der Waals surface area (Å²) >= 11 is 5.85. The zero-order valence-electron chi connectivity index (χ0n) is 10.5. The Morgan fingerprint density at radius 3 is 2.76 bits per heavy atom. The van der Waals surface area contributed by atoms with E-state index in [9.17, 15) is 4.79 Å². The van der Waals surface area contributed by atoms with E-state index in [0.717, 1.165) is 12.1 Å². The van der Waals surface area contributed by atoms with E-state index in [4.69, 9.17) is 11.6 Å². The lowest BCUT2D eigenvalue weighted by atomic mass is 10.0. The maximum Gasteiger partial charge on any atom is 0.251 e. The summed E-state index contributed by atoms with van der Waals surface area (Å²) < 4.78 is 0. The number of aromatic nitrogens is 1. The van der Waals surface area contributed by atoms with Gasteiger partial charge in [-0.3, -0.25) is 9.78 Å². The highest BCUT2D eigenvalue weighted by Crippen LogP contribution is 2.08. The molecule has 1 N–H and O–H groups in total. The van der Waals surface area contributed by atoms with E-state index in [2.05, 4.69) is 24.1 Å². The van der Waals surface area contributed by atoms with Gasteiger partial charge in [-0.05, 0) is 31.4 Å². The first-order valence-corrected chi connectivity index (χ1v) is 6.36. The maximum absolute atomic E-state index is 12.0. The molecule has 0 aliphatic rings. The Kier molecular flexibility index (Phi) is 5.42. The fraction of sp³-hybridized carbons (Fsp3) is 0.538. The Bertz CT molecular complexity index is 379. The van der Waals surface area contributed by atoms with Gasteiger partial charge in [0, 0.05) is 29.4 Å². The number of hydrogen-bond donors (Lipinski definition) is 1. The second-order valence-corrected chi connectivity index (χ2v) is 4.95. The molecule has 1 aromatic heterocycles. The van der Waals surface area contributed by atoms with Crippen molar-refractivity contribution in [1.82, 2.24) is 10.3 Å². The summed E-state index contributed by atoms with van der Waals surface area (Å²) in [4.78, 5) is 16.0. The molecule has 1 atom stereocenters. The van der Waals surface area contributed by atoms with Crippen molar-refractivity contribution >= 4 is 17.5 Å². The molecule has 1 heterocycles. The van der Waals surface area contributed by atoms with Crippen molar-refractivity contribution in [2.24, 2.45) is 5.92 Å². The molecule has 0 spiro atoms. The molecule has 1 unspecified atom stereocenters. The summed E-state index contributed by atoms with van der Waals surface area (Å²) in [5.74, 6) is 0.869. The van der Waals surface area contributed by atoms with Gasteiger partial charge in [0.15, 0.2) is 0 Å². The first-order chi connectivity index (χ1) is 8.02. The lowest BCUT2D eigenvalue weighted by Gasteiger charge is -2.18. The highest BCUT2D eigenvalue weighted by atomic mass is 35.5. The van der Waals surface area contributed by atoms with Gasteiger partial charge < -0.3 is 5.32 Å². The van der Waals surface area contributed by atoms with E-state index < -0.39 is 0 Å². The standard InChI is InChI=1S/C13H19ClN2O/c1-9(2)6-12(8-14)16-13(17)11-4-5-15-10(3)7-11/h4-5,7,9,12H,6,8H2,1-3H3,(H,16,17). The molecule has 0 radical (unpaired) electrons. The lowest BCUT2D eigenvalue weighted by Crippen LogP contribution is -2.37. The molecule has 0 bridgehead atoms. The van der Waals surface area contributed by atoms with Crippen LogP contribution < -0.4 is 5.32 Å². The second kappa shape index (κ2) is 6.60. The van der Waals surface area contributed by atoms with Crippen LogP contribution >= 0.6 is 11.6 Å². The van der Waals surface area contributed by atoms with Gasteiger partial charge in [0.05, 0.1) is 0 Å². The Morgan fingerprint density at radius 2 is 2.24 bits per heavy atom. The molecule has 0 aromatic carbocycles. The molecule has 4 heteroatoms. The van der Waals surface area contributed by atoms with Crippen LogP contribution in [0.4, 0.5) is 0 Å². The average Bonchev–Trinajstić information content (AvgIpc) is 2.27. The van der Waals surface area contributed by atoms with Crippen molar-refractivity contribution in [2.45, 2.75) is 33.2 Å². The Morgan fingerprint density at radius 1 is 1.53 bits per heavy atom. The molecule has 1 aromatic rings. The van der Waals surface area contributed by atoms with Gasteiger partial charge in [-0.2, -0.15) is 0 Å². The van der Waals surface area contributed by atoms with Crippen molar-refractivity contribution in [1.29, 1.82) is 0 Å². The summed E-state index contributed by atoms with van der Waals surface area (Å²) in [6.45, 7) is 6.09. The minimum absolute atomic E-state index is 0.0256. The van der Waals surface area contributed by atoms with Gasteiger partial charge in [-0.1, -0.05) is 13.8 Å². The van der Waals surface area contributed by atoms with Gasteiger partial charge in [-0.25, -0.2) is 0 Å². The highest BCUT2D eigenvalue weighted by molar-refractivity contribution is 6.18. The second-order valence-electron chi connectivity index (χ2n) is 4.64. The highest BCUT2D eigenvalue weighted by Gasteiger charge is 2.14. The molecule has 0 fully saturated rings. The first kappa shape index (κ1) is 14.0. The van der Waals surface area contributed by atoms with Crippen LogP contribution in [0.2, 0.25) is 0 Å². The van der Waals surface area contributed by atoms with Gasteiger partial charge in [0.1, 0.15) is 0 Å². The van der Waals surface area contributed by atoms with E-state index in [0.29, 0.717) is 17.4 Å². The smallest absolute Gasteiger partial charge is 0.251 e. The minimum Gasteiger partial charge on any atom is -0.348 e. The van der Waals surface area contributed by atoms with Gasteiger partial charge in [-0.15, -0.1) is 11.6 Å². The Hall–Kier alpha value is -1.09. The third kappa shape index (κ3) is 4.73. The van der Waals surface area contributed by atoms with Crippen molar-refractivity contribution in [3.05, 3.63) is 29.6 Å². The molecular formula is C13H19ClN2O. The summed E-state index contributed by atoms with van der Waals surface area (Å²) in [5.41, 5.74) is 1.47. The van der Waals surface area contributed by atoms with Crippen LogP contribution in [0.1, 0.15) is 36.3 Å². The zero-order valence-corrected chi connectivity index (χ0v) is 11.3. The van der Waals surface area contributed by atoms with E-state index >= 15 is 0 Å². The van der Waals surface area contributed by atoms with Crippen molar-refractivity contribution in [3.8, 4) is 0 Å². The molecule has 1 amide bonds. The number of nitrogens with zero attached hydrogens (tertiary/aromatic N) is 1. The number of alkyl halides is 1. The topological polar surface area (TPSA) is 42.0 Å². The number of nitrogens with one attached hydrogen (secondary N) is 1. The molecule has 17 heavy (non-hydrogen) atoms. The number of carbonyl (C=O) groups excluding carboxylic acids is 1. The van der Waals surface area contributed by atoms with E-state index in [-0.39, 0.29) is 11.9 Å². The van der Waals surface area contributed by atoms with Crippen molar-refractivity contribution in [2.75, 3.05) is 5.88 Å². The third-order valence-corrected chi connectivity index (χ3v) is 2.81. The van der Waals surface area contributed by atoms with Crippen LogP contribution in [0.3, 0.4) is 0 Å². The normalized spacial score (nSPS) is 12.5. The minimum atomic E-state index is -0.0817. The summed E-state index contributed by atoms with van der Waals surface area (Å²) in [6.07, 6.45) is 2.53. The predicted octanol–water partition coefficient (Wildman–Crippen LogP) is 2.77. The van der Waals surface area contributed by atoms with Crippen molar-refractivity contribution < 1.29 is 4.79 Å². The van der Waals surface area contributed by atoms with Gasteiger partial charge in [0.2, 0.25) is 0 Å².